The van der Waals surface area contributed by atoms with E-state index in [1.165, 1.54) is 25.9 Å². The number of anilines is 1. The van der Waals surface area contributed by atoms with Crippen molar-refractivity contribution in [3.05, 3.63) is 62.7 Å². The van der Waals surface area contributed by atoms with Crippen LogP contribution in [0.15, 0.2) is 42.5 Å². The number of para-hydroxylation sites is 1. The summed E-state index contributed by atoms with van der Waals surface area (Å²) >= 11 is 2.44. The zero-order valence-corrected chi connectivity index (χ0v) is 17.5. The fourth-order valence-electron chi connectivity index (χ4n) is 4.51. The van der Waals surface area contributed by atoms with E-state index in [9.17, 15) is 5.11 Å². The van der Waals surface area contributed by atoms with Crippen molar-refractivity contribution in [3.8, 4) is 0 Å². The van der Waals surface area contributed by atoms with E-state index in [-0.39, 0.29) is 12.1 Å². The van der Waals surface area contributed by atoms with E-state index in [2.05, 4.69) is 81.8 Å². The Balaban J connectivity index is 1.46. The smallest absolute Gasteiger partial charge is 0.0739 e. The van der Waals surface area contributed by atoms with Crippen LogP contribution in [0.2, 0.25) is 0 Å². The number of halogens is 1. The molecule has 1 N–H and O–H groups in total. The number of rotatable bonds is 3. The molecule has 0 bridgehead atoms. The largest absolute Gasteiger partial charge is 0.391 e. The molecule has 0 saturated carbocycles. The first kappa shape index (κ1) is 18.3. The van der Waals surface area contributed by atoms with Crippen molar-refractivity contribution >= 4 is 28.3 Å². The molecule has 1 aliphatic carbocycles. The van der Waals surface area contributed by atoms with Crippen LogP contribution in [-0.2, 0) is 19.3 Å². The predicted octanol–water partition coefficient (Wildman–Crippen LogP) is 3.50. The van der Waals surface area contributed by atoms with Crippen molar-refractivity contribution in [2.24, 2.45) is 0 Å². The number of nitrogens with zero attached hydrogens (tertiary/aromatic N) is 2. The van der Waals surface area contributed by atoms with E-state index in [1.807, 2.05) is 0 Å². The molecule has 2 aromatic rings. The van der Waals surface area contributed by atoms with Crippen LogP contribution in [0.5, 0.6) is 0 Å². The molecular formula is C22H27IN2O. The minimum absolute atomic E-state index is 0.252. The van der Waals surface area contributed by atoms with Gasteiger partial charge in [0, 0.05) is 47.9 Å². The summed E-state index contributed by atoms with van der Waals surface area (Å²) in [5, 5.41) is 10.8. The molecule has 0 spiro atoms. The van der Waals surface area contributed by atoms with Gasteiger partial charge in [0.25, 0.3) is 0 Å². The molecule has 1 fully saturated rings. The van der Waals surface area contributed by atoms with Gasteiger partial charge in [0.1, 0.15) is 0 Å². The van der Waals surface area contributed by atoms with Crippen LogP contribution in [0.3, 0.4) is 0 Å². The van der Waals surface area contributed by atoms with Gasteiger partial charge in [-0.3, -0.25) is 4.90 Å². The van der Waals surface area contributed by atoms with Crippen LogP contribution >= 0.6 is 22.6 Å². The second kappa shape index (κ2) is 7.87. The van der Waals surface area contributed by atoms with Crippen LogP contribution in [-0.4, -0.2) is 48.3 Å². The summed E-state index contributed by atoms with van der Waals surface area (Å²) in [6, 6.07) is 15.5. The molecule has 2 atom stereocenters. The van der Waals surface area contributed by atoms with Crippen molar-refractivity contribution in [1.29, 1.82) is 0 Å². The van der Waals surface area contributed by atoms with Gasteiger partial charge in [0.05, 0.1) is 6.10 Å². The maximum atomic E-state index is 10.8. The predicted molar refractivity (Wildman–Crippen MR) is 116 cm³/mol. The molecule has 0 radical (unpaired) electrons. The molecule has 4 rings (SSSR count). The summed E-state index contributed by atoms with van der Waals surface area (Å²) in [5.41, 5.74) is 5.60. The zero-order valence-electron chi connectivity index (χ0n) is 15.4. The van der Waals surface area contributed by atoms with Crippen molar-refractivity contribution in [3.63, 3.8) is 0 Å². The third-order valence-electron chi connectivity index (χ3n) is 6.00. The monoisotopic (exact) mass is 462 g/mol. The van der Waals surface area contributed by atoms with E-state index < -0.39 is 0 Å². The van der Waals surface area contributed by atoms with Gasteiger partial charge in [-0.05, 0) is 64.3 Å². The fraction of sp³-hybridized carbons (Fsp3) is 0.455. The summed E-state index contributed by atoms with van der Waals surface area (Å²) in [5.74, 6) is 0. The highest BCUT2D eigenvalue weighted by Gasteiger charge is 2.34. The fourth-order valence-corrected chi connectivity index (χ4v) is 5.29. The minimum atomic E-state index is -0.254. The van der Waals surface area contributed by atoms with Gasteiger partial charge in [-0.2, -0.15) is 0 Å². The molecule has 4 heteroatoms. The number of aryl methyl sites for hydroxylation is 1. The molecule has 138 valence electrons. The van der Waals surface area contributed by atoms with Gasteiger partial charge in [-0.15, -0.1) is 0 Å². The molecule has 26 heavy (non-hydrogen) atoms. The number of piperazine rings is 1. The molecule has 0 amide bonds. The maximum Gasteiger partial charge on any atom is 0.0739 e. The Hall–Kier alpha value is -1.11. The first-order chi connectivity index (χ1) is 12.7. The highest BCUT2D eigenvalue weighted by Crippen LogP contribution is 2.30. The van der Waals surface area contributed by atoms with Crippen LogP contribution in [0.25, 0.3) is 0 Å². The van der Waals surface area contributed by atoms with Crippen LogP contribution in [0.4, 0.5) is 5.69 Å². The van der Waals surface area contributed by atoms with E-state index >= 15 is 0 Å². The normalized spacial score (nSPS) is 23.7. The van der Waals surface area contributed by atoms with E-state index in [4.69, 9.17) is 0 Å². The van der Waals surface area contributed by atoms with Crippen molar-refractivity contribution in [2.75, 3.05) is 31.1 Å². The molecule has 1 aliphatic heterocycles. The Labute approximate surface area is 170 Å². The molecule has 2 aromatic carbocycles. The summed E-state index contributed by atoms with van der Waals surface area (Å²) in [7, 11) is 0. The SMILES string of the molecule is CCc1ccccc1N1CCN([C@H]2Cc3c(I)cccc3C[C@@H]2O)CC1. The lowest BCUT2D eigenvalue weighted by Gasteiger charge is -2.44. The molecule has 3 nitrogen and oxygen atoms in total. The third-order valence-corrected chi connectivity index (χ3v) is 7.01. The summed E-state index contributed by atoms with van der Waals surface area (Å²) in [6.45, 7) is 6.36. The Morgan fingerprint density at radius 3 is 2.54 bits per heavy atom. The number of benzene rings is 2. The second-order valence-electron chi connectivity index (χ2n) is 7.43. The topological polar surface area (TPSA) is 26.7 Å². The highest BCUT2D eigenvalue weighted by atomic mass is 127. The molecule has 0 aromatic heterocycles. The first-order valence-corrected chi connectivity index (χ1v) is 10.8. The van der Waals surface area contributed by atoms with Gasteiger partial charge in [-0.1, -0.05) is 37.3 Å². The quantitative estimate of drug-likeness (QED) is 0.708. The summed E-state index contributed by atoms with van der Waals surface area (Å²) in [4.78, 5) is 5.03. The molecule has 0 unspecified atom stereocenters. The molecule has 2 aliphatic rings. The number of aliphatic hydroxyl groups excluding tert-OH is 1. The van der Waals surface area contributed by atoms with Gasteiger partial charge in [-0.25, -0.2) is 0 Å². The lowest BCUT2D eigenvalue weighted by molar-refractivity contribution is 0.0393. The number of hydrogen-bond donors (Lipinski definition) is 1. The average molecular weight is 462 g/mol. The zero-order chi connectivity index (χ0) is 18.1. The average Bonchev–Trinajstić information content (AvgIpc) is 2.68. The summed E-state index contributed by atoms with van der Waals surface area (Å²) < 4.78 is 1.34. The number of aliphatic hydroxyl groups is 1. The van der Waals surface area contributed by atoms with Gasteiger partial charge >= 0.3 is 0 Å². The second-order valence-corrected chi connectivity index (χ2v) is 8.59. The van der Waals surface area contributed by atoms with E-state index in [0.717, 1.165) is 45.4 Å². The maximum absolute atomic E-state index is 10.8. The van der Waals surface area contributed by atoms with Crippen LogP contribution in [0.1, 0.15) is 23.6 Å². The van der Waals surface area contributed by atoms with Crippen molar-refractivity contribution in [2.45, 2.75) is 38.3 Å². The van der Waals surface area contributed by atoms with Crippen molar-refractivity contribution < 1.29 is 5.11 Å². The lowest BCUT2D eigenvalue weighted by atomic mass is 9.85. The Morgan fingerprint density at radius 2 is 1.77 bits per heavy atom. The molecule has 1 saturated heterocycles. The number of hydrogen-bond acceptors (Lipinski definition) is 3. The summed E-state index contributed by atoms with van der Waals surface area (Å²) in [6.07, 6.45) is 2.58. The third kappa shape index (κ3) is 3.51. The molecule has 1 heterocycles. The number of fused-ring (bicyclic) bond motifs is 1. The van der Waals surface area contributed by atoms with Crippen LogP contribution in [0, 0.1) is 3.57 Å². The first-order valence-electron chi connectivity index (χ1n) is 9.68. The van der Waals surface area contributed by atoms with Crippen LogP contribution < -0.4 is 4.90 Å². The Bertz CT molecular complexity index is 770. The molecular weight excluding hydrogens is 435 g/mol. The van der Waals surface area contributed by atoms with E-state index in [0.29, 0.717) is 0 Å². The van der Waals surface area contributed by atoms with Crippen molar-refractivity contribution in [1.82, 2.24) is 4.90 Å². The van der Waals surface area contributed by atoms with E-state index in [1.54, 1.807) is 0 Å². The highest BCUT2D eigenvalue weighted by molar-refractivity contribution is 14.1. The standard InChI is InChI=1S/C22H27IN2O/c1-2-16-6-3-4-9-20(16)24-10-12-25(13-11-24)21-15-18-17(14-22(21)26)7-5-8-19(18)23/h3-9,21-22,26H,2,10-15H2,1H3/t21-,22-/m0/s1. The van der Waals surface area contributed by atoms with Gasteiger partial charge < -0.3 is 10.0 Å². The van der Waals surface area contributed by atoms with Gasteiger partial charge in [0.15, 0.2) is 0 Å². The Kier molecular flexibility index (Phi) is 5.53. The lowest BCUT2D eigenvalue weighted by Crippen LogP contribution is -2.56. The minimum Gasteiger partial charge on any atom is -0.391 e. The Morgan fingerprint density at radius 1 is 1.00 bits per heavy atom. The van der Waals surface area contributed by atoms with Gasteiger partial charge in [0.2, 0.25) is 0 Å².